The Hall–Kier alpha value is -3.44. The lowest BCUT2D eigenvalue weighted by atomic mass is 9.99. The van der Waals surface area contributed by atoms with Crippen LogP contribution in [0.3, 0.4) is 0 Å². The van der Waals surface area contributed by atoms with E-state index in [1.807, 2.05) is 60.7 Å². The van der Waals surface area contributed by atoms with Gasteiger partial charge >= 0.3 is 0 Å². The normalized spacial score (nSPS) is 10.6. The van der Waals surface area contributed by atoms with Crippen molar-refractivity contribution >= 4 is 17.5 Å². The maximum atomic E-state index is 12.4. The molecule has 0 aliphatic carbocycles. The van der Waals surface area contributed by atoms with Gasteiger partial charge in [0.05, 0.1) is 23.8 Å². The van der Waals surface area contributed by atoms with Crippen LogP contribution in [0, 0.1) is 0 Å². The maximum absolute atomic E-state index is 12.4. The summed E-state index contributed by atoms with van der Waals surface area (Å²) >= 11 is 0. The molecule has 27 heavy (non-hydrogen) atoms. The van der Waals surface area contributed by atoms with E-state index in [2.05, 4.69) is 10.6 Å². The van der Waals surface area contributed by atoms with Crippen LogP contribution >= 0.6 is 0 Å². The van der Waals surface area contributed by atoms with Crippen molar-refractivity contribution in [1.29, 1.82) is 0 Å². The topological polar surface area (TPSA) is 84.2 Å². The van der Waals surface area contributed by atoms with E-state index >= 15 is 0 Å². The molecule has 0 unspecified atom stereocenters. The summed E-state index contributed by atoms with van der Waals surface area (Å²) in [6.45, 7) is 0.0849. The minimum atomic E-state index is -0.578. The van der Waals surface area contributed by atoms with Crippen LogP contribution in [0.15, 0.2) is 84.9 Å². The van der Waals surface area contributed by atoms with Crippen LogP contribution in [0.5, 0.6) is 0 Å². The Morgan fingerprint density at radius 3 is 1.85 bits per heavy atom. The molecule has 3 aromatic carbocycles. The third kappa shape index (κ3) is 4.80. The summed E-state index contributed by atoms with van der Waals surface area (Å²) in [7, 11) is 0. The molecule has 0 aliphatic rings. The monoisotopic (exact) mass is 359 g/mol. The molecule has 3 aromatic rings. The van der Waals surface area contributed by atoms with E-state index in [0.717, 1.165) is 11.1 Å². The van der Waals surface area contributed by atoms with Crippen LogP contribution in [-0.2, 0) is 4.79 Å². The highest BCUT2D eigenvalue weighted by Gasteiger charge is 2.16. The Morgan fingerprint density at radius 1 is 0.778 bits per heavy atom. The molecular weight excluding hydrogens is 338 g/mol. The molecule has 0 bridgehead atoms. The summed E-state index contributed by atoms with van der Waals surface area (Å²) in [5.41, 5.74) is 8.18. The van der Waals surface area contributed by atoms with Gasteiger partial charge in [-0.15, -0.1) is 0 Å². The maximum Gasteiger partial charge on any atom is 0.250 e. The minimum Gasteiger partial charge on any atom is -0.366 e. The van der Waals surface area contributed by atoms with Gasteiger partial charge in [0.2, 0.25) is 5.91 Å². The molecule has 5 heteroatoms. The van der Waals surface area contributed by atoms with E-state index in [4.69, 9.17) is 5.73 Å². The first-order valence-electron chi connectivity index (χ1n) is 8.67. The number of hydrogen-bond donors (Lipinski definition) is 3. The number of hydrogen-bond acceptors (Lipinski definition) is 3. The van der Waals surface area contributed by atoms with Crippen molar-refractivity contribution in [2.24, 2.45) is 5.73 Å². The quantitative estimate of drug-likeness (QED) is 0.606. The van der Waals surface area contributed by atoms with Gasteiger partial charge in [-0.3, -0.25) is 14.9 Å². The molecule has 0 atom stereocenters. The van der Waals surface area contributed by atoms with Crippen molar-refractivity contribution in [3.8, 4) is 0 Å². The number of para-hydroxylation sites is 1. The zero-order chi connectivity index (χ0) is 19.1. The molecule has 0 saturated carbocycles. The lowest BCUT2D eigenvalue weighted by Crippen LogP contribution is -2.32. The Balaban J connectivity index is 1.73. The summed E-state index contributed by atoms with van der Waals surface area (Å²) in [6, 6.07) is 26.4. The standard InChI is InChI=1S/C22H21N3O2/c23-22(27)18-13-7-8-14-19(18)25-20(26)15-24-21(16-9-3-1-4-10-16)17-11-5-2-6-12-17/h1-14,21,24H,15H2,(H2,23,27)(H,25,26). The van der Waals surface area contributed by atoms with E-state index in [1.54, 1.807) is 24.3 Å². The van der Waals surface area contributed by atoms with Crippen molar-refractivity contribution in [3.05, 3.63) is 102 Å². The Morgan fingerprint density at radius 2 is 1.30 bits per heavy atom. The predicted molar refractivity (Wildman–Crippen MR) is 106 cm³/mol. The van der Waals surface area contributed by atoms with Gasteiger partial charge in [0.25, 0.3) is 5.91 Å². The van der Waals surface area contributed by atoms with Gasteiger partial charge in [0.1, 0.15) is 0 Å². The number of carbonyl (C=O) groups is 2. The van der Waals surface area contributed by atoms with E-state index < -0.39 is 5.91 Å². The van der Waals surface area contributed by atoms with Crippen LogP contribution in [0.2, 0.25) is 0 Å². The van der Waals surface area contributed by atoms with Gasteiger partial charge in [-0.25, -0.2) is 0 Å². The third-order valence-electron chi connectivity index (χ3n) is 4.20. The highest BCUT2D eigenvalue weighted by molar-refractivity contribution is 6.03. The highest BCUT2D eigenvalue weighted by atomic mass is 16.2. The number of benzene rings is 3. The van der Waals surface area contributed by atoms with Gasteiger partial charge < -0.3 is 11.1 Å². The molecule has 136 valence electrons. The number of amides is 2. The summed E-state index contributed by atoms with van der Waals surface area (Å²) < 4.78 is 0. The number of nitrogens with two attached hydrogens (primary N) is 1. The molecule has 0 radical (unpaired) electrons. The van der Waals surface area contributed by atoms with Crippen LogP contribution in [-0.4, -0.2) is 18.4 Å². The predicted octanol–water partition coefficient (Wildman–Crippen LogP) is 3.10. The zero-order valence-corrected chi connectivity index (χ0v) is 14.8. The second-order valence-electron chi connectivity index (χ2n) is 6.09. The van der Waals surface area contributed by atoms with Gasteiger partial charge in [-0.1, -0.05) is 72.8 Å². The smallest absolute Gasteiger partial charge is 0.250 e. The number of anilines is 1. The van der Waals surface area contributed by atoms with E-state index in [1.165, 1.54) is 0 Å². The first-order chi connectivity index (χ1) is 13.1. The van der Waals surface area contributed by atoms with E-state index in [9.17, 15) is 9.59 Å². The molecule has 0 heterocycles. The van der Waals surface area contributed by atoms with Crippen LogP contribution in [0.4, 0.5) is 5.69 Å². The second-order valence-corrected chi connectivity index (χ2v) is 6.09. The molecule has 0 aliphatic heterocycles. The lowest BCUT2D eigenvalue weighted by molar-refractivity contribution is -0.115. The first-order valence-corrected chi connectivity index (χ1v) is 8.67. The Bertz CT molecular complexity index is 872. The van der Waals surface area contributed by atoms with Gasteiger partial charge in [-0.05, 0) is 23.3 Å². The number of nitrogens with one attached hydrogen (secondary N) is 2. The molecule has 5 nitrogen and oxygen atoms in total. The van der Waals surface area contributed by atoms with Crippen LogP contribution in [0.1, 0.15) is 27.5 Å². The average molecular weight is 359 g/mol. The first kappa shape index (κ1) is 18.4. The largest absolute Gasteiger partial charge is 0.366 e. The lowest BCUT2D eigenvalue weighted by Gasteiger charge is -2.20. The fourth-order valence-corrected chi connectivity index (χ4v) is 2.92. The second kappa shape index (κ2) is 8.78. The van der Waals surface area contributed by atoms with Crippen molar-refractivity contribution in [3.63, 3.8) is 0 Å². The van der Waals surface area contributed by atoms with Crippen molar-refractivity contribution in [2.45, 2.75) is 6.04 Å². The number of carbonyl (C=O) groups excluding carboxylic acids is 2. The third-order valence-corrected chi connectivity index (χ3v) is 4.20. The number of rotatable bonds is 7. The minimum absolute atomic E-state index is 0.0849. The molecule has 3 rings (SSSR count). The van der Waals surface area contributed by atoms with Crippen LogP contribution in [0.25, 0.3) is 0 Å². The molecule has 0 saturated heterocycles. The number of primary amides is 1. The van der Waals surface area contributed by atoms with Crippen molar-refractivity contribution < 1.29 is 9.59 Å². The van der Waals surface area contributed by atoms with E-state index in [-0.39, 0.29) is 24.1 Å². The molecule has 0 spiro atoms. The summed E-state index contributed by atoms with van der Waals surface area (Å²) in [6.07, 6.45) is 0. The van der Waals surface area contributed by atoms with Crippen molar-refractivity contribution in [1.82, 2.24) is 5.32 Å². The van der Waals surface area contributed by atoms with Gasteiger partial charge in [0.15, 0.2) is 0 Å². The average Bonchev–Trinajstić information content (AvgIpc) is 2.70. The fraction of sp³-hybridized carbons (Fsp3) is 0.0909. The van der Waals surface area contributed by atoms with Gasteiger partial charge in [-0.2, -0.15) is 0 Å². The summed E-state index contributed by atoms with van der Waals surface area (Å²) in [4.78, 5) is 23.9. The summed E-state index contributed by atoms with van der Waals surface area (Å²) in [5, 5.41) is 6.04. The van der Waals surface area contributed by atoms with Crippen LogP contribution < -0.4 is 16.4 Å². The molecule has 2 amide bonds. The van der Waals surface area contributed by atoms with Gasteiger partial charge in [0, 0.05) is 0 Å². The van der Waals surface area contributed by atoms with E-state index in [0.29, 0.717) is 5.69 Å². The summed E-state index contributed by atoms with van der Waals surface area (Å²) in [5.74, 6) is -0.828. The Kier molecular flexibility index (Phi) is 5.97. The molecule has 0 fully saturated rings. The molecule has 4 N–H and O–H groups in total. The zero-order valence-electron chi connectivity index (χ0n) is 14.8. The van der Waals surface area contributed by atoms with Crippen molar-refractivity contribution in [2.75, 3.05) is 11.9 Å². The Labute approximate surface area is 158 Å². The molecule has 0 aromatic heterocycles. The highest BCUT2D eigenvalue weighted by Crippen LogP contribution is 2.21. The fourth-order valence-electron chi connectivity index (χ4n) is 2.92. The SMILES string of the molecule is NC(=O)c1ccccc1NC(=O)CNC(c1ccccc1)c1ccccc1. The molecular formula is C22H21N3O2.